The molecule has 0 radical (unpaired) electrons. The number of aryl methyl sites for hydroxylation is 1. The van der Waals surface area contributed by atoms with E-state index in [4.69, 9.17) is 10.5 Å². The monoisotopic (exact) mass is 235 g/mol. The summed E-state index contributed by atoms with van der Waals surface area (Å²) in [5, 5.41) is 8.03. The maximum Gasteiger partial charge on any atom is 0.224 e. The number of nitrogens with zero attached hydrogens (tertiary/aromatic N) is 6. The van der Waals surface area contributed by atoms with Crippen LogP contribution in [0, 0.1) is 0 Å². The number of hydrogen-bond donors (Lipinski definition) is 1. The van der Waals surface area contributed by atoms with Gasteiger partial charge >= 0.3 is 0 Å². The molecule has 8 nitrogen and oxygen atoms in total. The van der Waals surface area contributed by atoms with Crippen molar-refractivity contribution in [2.45, 2.75) is 0 Å². The predicted octanol–water partition coefficient (Wildman–Crippen LogP) is -0.823. The third-order valence-electron chi connectivity index (χ3n) is 2.76. The SMILES string of the molecule is Cn1nnc2c(N3CCOCC3)nc(N)nc21. The van der Waals surface area contributed by atoms with Gasteiger partial charge in [-0.25, -0.2) is 4.68 Å². The summed E-state index contributed by atoms with van der Waals surface area (Å²) in [6, 6.07) is 0. The maximum atomic E-state index is 5.71. The summed E-state index contributed by atoms with van der Waals surface area (Å²) in [4.78, 5) is 10.5. The van der Waals surface area contributed by atoms with Crippen LogP contribution in [0.25, 0.3) is 11.2 Å². The number of anilines is 2. The van der Waals surface area contributed by atoms with Crippen LogP contribution in [0.15, 0.2) is 0 Å². The van der Waals surface area contributed by atoms with Crippen molar-refractivity contribution < 1.29 is 4.74 Å². The van der Waals surface area contributed by atoms with E-state index in [1.54, 1.807) is 11.7 Å². The highest BCUT2D eigenvalue weighted by Crippen LogP contribution is 2.22. The second-order valence-electron chi connectivity index (χ2n) is 3.89. The Morgan fingerprint density at radius 1 is 1.24 bits per heavy atom. The van der Waals surface area contributed by atoms with Gasteiger partial charge in [-0.15, -0.1) is 5.10 Å². The Labute approximate surface area is 97.4 Å². The first-order valence-electron chi connectivity index (χ1n) is 5.41. The van der Waals surface area contributed by atoms with Crippen LogP contribution < -0.4 is 10.6 Å². The van der Waals surface area contributed by atoms with Gasteiger partial charge in [0.2, 0.25) is 5.95 Å². The highest BCUT2D eigenvalue weighted by molar-refractivity contribution is 5.83. The van der Waals surface area contributed by atoms with E-state index in [2.05, 4.69) is 25.2 Å². The van der Waals surface area contributed by atoms with Crippen LogP contribution >= 0.6 is 0 Å². The largest absolute Gasteiger partial charge is 0.378 e. The van der Waals surface area contributed by atoms with Gasteiger partial charge in [-0.1, -0.05) is 5.21 Å². The lowest BCUT2D eigenvalue weighted by Gasteiger charge is -2.27. The molecule has 0 saturated carbocycles. The summed E-state index contributed by atoms with van der Waals surface area (Å²) in [5.41, 5.74) is 7.05. The lowest BCUT2D eigenvalue weighted by atomic mass is 10.3. The molecule has 8 heteroatoms. The zero-order valence-electron chi connectivity index (χ0n) is 9.50. The fourth-order valence-electron chi connectivity index (χ4n) is 1.91. The zero-order chi connectivity index (χ0) is 11.8. The zero-order valence-corrected chi connectivity index (χ0v) is 9.50. The second kappa shape index (κ2) is 3.81. The van der Waals surface area contributed by atoms with Crippen molar-refractivity contribution >= 4 is 22.9 Å². The average molecular weight is 235 g/mol. The first-order chi connectivity index (χ1) is 8.25. The van der Waals surface area contributed by atoms with Crippen molar-refractivity contribution in [3.8, 4) is 0 Å². The van der Waals surface area contributed by atoms with Gasteiger partial charge in [0, 0.05) is 20.1 Å². The number of aromatic nitrogens is 5. The van der Waals surface area contributed by atoms with E-state index < -0.39 is 0 Å². The highest BCUT2D eigenvalue weighted by Gasteiger charge is 2.19. The number of ether oxygens (including phenoxy) is 1. The Morgan fingerprint density at radius 3 is 2.76 bits per heavy atom. The molecule has 1 aliphatic rings. The van der Waals surface area contributed by atoms with Gasteiger partial charge in [-0.3, -0.25) is 0 Å². The summed E-state index contributed by atoms with van der Waals surface area (Å²) < 4.78 is 6.91. The van der Waals surface area contributed by atoms with Crippen molar-refractivity contribution in [2.75, 3.05) is 36.9 Å². The summed E-state index contributed by atoms with van der Waals surface area (Å²) in [6.07, 6.45) is 0. The minimum atomic E-state index is 0.240. The number of nitrogens with two attached hydrogens (primary N) is 1. The molecular weight excluding hydrogens is 222 g/mol. The van der Waals surface area contributed by atoms with Gasteiger partial charge in [-0.05, 0) is 0 Å². The molecule has 90 valence electrons. The Bertz CT molecular complexity index is 546. The summed E-state index contributed by atoms with van der Waals surface area (Å²) >= 11 is 0. The Hall–Kier alpha value is -1.96. The molecule has 3 rings (SSSR count). The van der Waals surface area contributed by atoms with Gasteiger partial charge in [0.25, 0.3) is 0 Å². The second-order valence-corrected chi connectivity index (χ2v) is 3.89. The summed E-state index contributed by atoms with van der Waals surface area (Å²) in [7, 11) is 1.78. The molecule has 0 amide bonds. The van der Waals surface area contributed by atoms with Gasteiger partial charge in [0.15, 0.2) is 17.0 Å². The van der Waals surface area contributed by atoms with Crippen LogP contribution in [0.2, 0.25) is 0 Å². The van der Waals surface area contributed by atoms with Gasteiger partial charge in [0.05, 0.1) is 13.2 Å². The van der Waals surface area contributed by atoms with E-state index in [0.717, 1.165) is 18.9 Å². The van der Waals surface area contributed by atoms with Crippen LogP contribution in [0.3, 0.4) is 0 Å². The molecule has 0 aliphatic carbocycles. The molecule has 0 unspecified atom stereocenters. The Balaban J connectivity index is 2.13. The minimum Gasteiger partial charge on any atom is -0.378 e. The lowest BCUT2D eigenvalue weighted by molar-refractivity contribution is 0.122. The van der Waals surface area contributed by atoms with Crippen LogP contribution in [0.4, 0.5) is 11.8 Å². The van der Waals surface area contributed by atoms with Crippen molar-refractivity contribution in [3.63, 3.8) is 0 Å². The molecule has 2 N–H and O–H groups in total. The van der Waals surface area contributed by atoms with Crippen LogP contribution in [-0.2, 0) is 11.8 Å². The maximum absolute atomic E-state index is 5.71. The van der Waals surface area contributed by atoms with E-state index in [0.29, 0.717) is 24.4 Å². The minimum absolute atomic E-state index is 0.240. The van der Waals surface area contributed by atoms with Crippen LogP contribution in [0.1, 0.15) is 0 Å². The molecule has 0 aromatic carbocycles. The standard InChI is InChI=1S/C9H13N7O/c1-15-7-6(13-14-15)8(12-9(10)11-7)16-2-4-17-5-3-16/h2-5H2,1H3,(H2,10,11,12). The van der Waals surface area contributed by atoms with Crippen molar-refractivity contribution in [3.05, 3.63) is 0 Å². The molecule has 3 heterocycles. The van der Waals surface area contributed by atoms with E-state index in [1.165, 1.54) is 0 Å². The molecule has 0 atom stereocenters. The number of morpholine rings is 1. The van der Waals surface area contributed by atoms with Gasteiger partial charge in [-0.2, -0.15) is 9.97 Å². The fraction of sp³-hybridized carbons (Fsp3) is 0.556. The summed E-state index contributed by atoms with van der Waals surface area (Å²) in [5.74, 6) is 0.980. The topological polar surface area (TPSA) is 95.0 Å². The van der Waals surface area contributed by atoms with Crippen molar-refractivity contribution in [2.24, 2.45) is 7.05 Å². The molecule has 17 heavy (non-hydrogen) atoms. The molecule has 1 fully saturated rings. The van der Waals surface area contributed by atoms with Crippen LogP contribution in [0.5, 0.6) is 0 Å². The van der Waals surface area contributed by atoms with E-state index in [9.17, 15) is 0 Å². The van der Waals surface area contributed by atoms with Crippen LogP contribution in [-0.4, -0.2) is 51.3 Å². The average Bonchev–Trinajstić information content (AvgIpc) is 2.72. The quantitative estimate of drug-likeness (QED) is 0.689. The molecule has 1 saturated heterocycles. The lowest BCUT2D eigenvalue weighted by Crippen LogP contribution is -2.37. The van der Waals surface area contributed by atoms with Gasteiger partial charge < -0.3 is 15.4 Å². The van der Waals surface area contributed by atoms with Crippen molar-refractivity contribution in [1.82, 2.24) is 25.0 Å². The summed E-state index contributed by atoms with van der Waals surface area (Å²) in [6.45, 7) is 2.93. The molecule has 2 aromatic heterocycles. The normalized spacial score (nSPS) is 16.6. The number of nitrogen functional groups attached to an aromatic ring is 1. The predicted molar refractivity (Wildman–Crippen MR) is 61.5 cm³/mol. The smallest absolute Gasteiger partial charge is 0.224 e. The molecule has 0 spiro atoms. The number of rotatable bonds is 1. The third kappa shape index (κ3) is 1.66. The molecule has 2 aromatic rings. The van der Waals surface area contributed by atoms with E-state index in [1.807, 2.05) is 0 Å². The fourth-order valence-corrected chi connectivity index (χ4v) is 1.91. The Kier molecular flexibility index (Phi) is 2.29. The van der Waals surface area contributed by atoms with Gasteiger partial charge in [0.1, 0.15) is 0 Å². The third-order valence-corrected chi connectivity index (χ3v) is 2.76. The number of fused-ring (bicyclic) bond motifs is 1. The number of hydrogen-bond acceptors (Lipinski definition) is 7. The first-order valence-corrected chi connectivity index (χ1v) is 5.41. The highest BCUT2D eigenvalue weighted by atomic mass is 16.5. The van der Waals surface area contributed by atoms with E-state index in [-0.39, 0.29) is 5.95 Å². The van der Waals surface area contributed by atoms with E-state index >= 15 is 0 Å². The molecular formula is C9H13N7O. The first kappa shape index (κ1) is 10.2. The molecule has 0 bridgehead atoms. The Morgan fingerprint density at radius 2 is 2.00 bits per heavy atom. The molecule has 1 aliphatic heterocycles. The van der Waals surface area contributed by atoms with Crippen molar-refractivity contribution in [1.29, 1.82) is 0 Å².